The van der Waals surface area contributed by atoms with Gasteiger partial charge in [0.15, 0.2) is 0 Å². The van der Waals surface area contributed by atoms with Crippen molar-refractivity contribution in [3.63, 3.8) is 0 Å². The van der Waals surface area contributed by atoms with Gasteiger partial charge in [0.1, 0.15) is 0 Å². The van der Waals surface area contributed by atoms with Gasteiger partial charge < -0.3 is 0 Å². The Morgan fingerprint density at radius 1 is 0.606 bits per heavy atom. The standard InChI is InChI=1S/C29H22N2O2/c32-28-25-22(19-9-3-1-4-10-19)16-17-23(20-11-5-2-6-12-20)26(25)29(33)31(28)24-15-7-13-21-14-8-18-30-27(21)24/h1-18,22-23,25-26H. The lowest BCUT2D eigenvalue weighted by atomic mass is 9.68. The smallest absolute Gasteiger partial charge is 0.238 e. The first-order valence-corrected chi connectivity index (χ1v) is 11.2. The molecule has 1 aliphatic heterocycles. The van der Waals surface area contributed by atoms with Crippen LogP contribution in [0.5, 0.6) is 0 Å². The number of carbonyl (C=O) groups excluding carboxylic acids is 2. The Balaban J connectivity index is 1.52. The Morgan fingerprint density at radius 3 is 1.73 bits per heavy atom. The molecule has 0 bridgehead atoms. The van der Waals surface area contributed by atoms with E-state index >= 15 is 0 Å². The monoisotopic (exact) mass is 430 g/mol. The highest BCUT2D eigenvalue weighted by Gasteiger charge is 2.55. The lowest BCUT2D eigenvalue weighted by Gasteiger charge is -2.32. The zero-order valence-electron chi connectivity index (χ0n) is 17.9. The van der Waals surface area contributed by atoms with Gasteiger partial charge in [-0.3, -0.25) is 14.6 Å². The number of aromatic nitrogens is 1. The molecule has 6 rings (SSSR count). The molecule has 4 heteroatoms. The van der Waals surface area contributed by atoms with Crippen LogP contribution in [0.25, 0.3) is 10.9 Å². The number of allylic oxidation sites excluding steroid dienone is 2. The highest BCUT2D eigenvalue weighted by molar-refractivity contribution is 6.25. The maximum atomic E-state index is 14.0. The number of hydrogen-bond donors (Lipinski definition) is 0. The lowest BCUT2D eigenvalue weighted by Crippen LogP contribution is -2.32. The van der Waals surface area contributed by atoms with Gasteiger partial charge in [-0.25, -0.2) is 4.90 Å². The number of fused-ring (bicyclic) bond motifs is 2. The van der Waals surface area contributed by atoms with Crippen LogP contribution in [-0.2, 0) is 9.59 Å². The molecule has 160 valence electrons. The minimum Gasteiger partial charge on any atom is -0.274 e. The molecule has 4 unspecified atom stereocenters. The van der Waals surface area contributed by atoms with E-state index in [2.05, 4.69) is 17.1 Å². The van der Waals surface area contributed by atoms with Crippen LogP contribution in [-0.4, -0.2) is 16.8 Å². The van der Waals surface area contributed by atoms with Crippen molar-refractivity contribution in [2.24, 2.45) is 11.8 Å². The molecular formula is C29H22N2O2. The Labute approximate surface area is 192 Å². The van der Waals surface area contributed by atoms with Crippen LogP contribution >= 0.6 is 0 Å². The second-order valence-electron chi connectivity index (χ2n) is 8.67. The van der Waals surface area contributed by atoms with Crippen LogP contribution in [0.3, 0.4) is 0 Å². The van der Waals surface area contributed by atoms with Crippen molar-refractivity contribution in [3.05, 3.63) is 120 Å². The predicted octanol–water partition coefficient (Wildman–Crippen LogP) is 5.48. The molecule has 1 aliphatic carbocycles. The topological polar surface area (TPSA) is 50.3 Å². The fourth-order valence-electron chi connectivity index (χ4n) is 5.44. The van der Waals surface area contributed by atoms with E-state index in [1.54, 1.807) is 6.20 Å². The molecule has 0 saturated carbocycles. The average Bonchev–Trinajstić information content (AvgIpc) is 3.14. The van der Waals surface area contributed by atoms with Crippen LogP contribution in [0.1, 0.15) is 23.0 Å². The van der Waals surface area contributed by atoms with Crippen LogP contribution in [0.4, 0.5) is 5.69 Å². The number of para-hydroxylation sites is 1. The van der Waals surface area contributed by atoms with Gasteiger partial charge in [0.25, 0.3) is 0 Å². The largest absolute Gasteiger partial charge is 0.274 e. The van der Waals surface area contributed by atoms with Gasteiger partial charge in [-0.1, -0.05) is 91.0 Å². The summed E-state index contributed by atoms with van der Waals surface area (Å²) in [6.07, 6.45) is 5.93. The van der Waals surface area contributed by atoms with Gasteiger partial charge in [-0.2, -0.15) is 0 Å². The highest BCUT2D eigenvalue weighted by atomic mass is 16.2. The number of amides is 2. The second-order valence-corrected chi connectivity index (χ2v) is 8.67. The Kier molecular flexibility index (Phi) is 4.65. The fraction of sp³-hybridized carbons (Fsp3) is 0.138. The third kappa shape index (κ3) is 3.10. The molecular weight excluding hydrogens is 408 g/mol. The first-order valence-electron chi connectivity index (χ1n) is 11.2. The number of pyridine rings is 1. The van der Waals surface area contributed by atoms with Gasteiger partial charge in [-0.15, -0.1) is 0 Å². The van der Waals surface area contributed by atoms with Gasteiger partial charge in [0.2, 0.25) is 11.8 Å². The van der Waals surface area contributed by atoms with Gasteiger partial charge in [0.05, 0.1) is 23.0 Å². The zero-order chi connectivity index (χ0) is 22.4. The summed E-state index contributed by atoms with van der Waals surface area (Å²) in [4.78, 5) is 33.9. The van der Waals surface area contributed by atoms with Crippen molar-refractivity contribution in [3.8, 4) is 0 Å². The van der Waals surface area contributed by atoms with Gasteiger partial charge in [0, 0.05) is 23.4 Å². The molecule has 3 aromatic carbocycles. The molecule has 0 spiro atoms. The van der Waals surface area contributed by atoms with Crippen molar-refractivity contribution in [1.82, 2.24) is 4.98 Å². The summed E-state index contributed by atoms with van der Waals surface area (Å²) < 4.78 is 0. The van der Waals surface area contributed by atoms with Crippen LogP contribution < -0.4 is 4.90 Å². The quantitative estimate of drug-likeness (QED) is 0.320. The number of hydrogen-bond acceptors (Lipinski definition) is 3. The van der Waals surface area contributed by atoms with Crippen molar-refractivity contribution in [2.75, 3.05) is 4.90 Å². The number of rotatable bonds is 3. The minimum atomic E-state index is -0.464. The molecule has 4 nitrogen and oxygen atoms in total. The van der Waals surface area contributed by atoms with E-state index in [0.717, 1.165) is 16.5 Å². The summed E-state index contributed by atoms with van der Waals surface area (Å²) in [6, 6.07) is 29.5. The number of imide groups is 1. The van der Waals surface area contributed by atoms with Crippen molar-refractivity contribution >= 4 is 28.4 Å². The minimum absolute atomic E-state index is 0.151. The Hall–Kier alpha value is -4.05. The lowest BCUT2D eigenvalue weighted by molar-refractivity contribution is -0.122. The Morgan fingerprint density at radius 2 is 1.15 bits per heavy atom. The summed E-state index contributed by atoms with van der Waals surface area (Å²) in [7, 11) is 0. The number of nitrogens with zero attached hydrogens (tertiary/aromatic N) is 2. The Bertz CT molecular complexity index is 1310. The molecule has 1 saturated heterocycles. The van der Waals surface area contributed by atoms with E-state index in [-0.39, 0.29) is 23.7 Å². The normalized spacial score (nSPS) is 24.3. The first-order chi connectivity index (χ1) is 16.2. The van der Waals surface area contributed by atoms with Crippen LogP contribution in [0.2, 0.25) is 0 Å². The van der Waals surface area contributed by atoms with Gasteiger partial charge in [-0.05, 0) is 23.3 Å². The molecule has 2 aliphatic rings. The maximum absolute atomic E-state index is 14.0. The molecule has 2 heterocycles. The maximum Gasteiger partial charge on any atom is 0.238 e. The number of anilines is 1. The average molecular weight is 431 g/mol. The highest BCUT2D eigenvalue weighted by Crippen LogP contribution is 2.50. The van der Waals surface area contributed by atoms with Crippen molar-refractivity contribution in [1.29, 1.82) is 0 Å². The van der Waals surface area contributed by atoms with E-state index in [0.29, 0.717) is 11.2 Å². The molecule has 33 heavy (non-hydrogen) atoms. The SMILES string of the molecule is O=C1C2C(c3ccccc3)C=CC(c3ccccc3)C2C(=O)N1c1cccc2cccnc12. The summed E-state index contributed by atoms with van der Waals surface area (Å²) in [5, 5.41) is 0.905. The molecule has 1 aromatic heterocycles. The van der Waals surface area contributed by atoms with Crippen LogP contribution in [0, 0.1) is 11.8 Å². The first kappa shape index (κ1) is 19.6. The number of carbonyl (C=O) groups is 2. The molecule has 2 amide bonds. The predicted molar refractivity (Wildman–Crippen MR) is 129 cm³/mol. The van der Waals surface area contributed by atoms with E-state index in [1.165, 1.54) is 4.90 Å². The third-order valence-electron chi connectivity index (χ3n) is 6.92. The molecule has 4 aromatic rings. The van der Waals surface area contributed by atoms with E-state index in [1.807, 2.05) is 91.0 Å². The van der Waals surface area contributed by atoms with E-state index < -0.39 is 11.8 Å². The van der Waals surface area contributed by atoms with Crippen molar-refractivity contribution in [2.45, 2.75) is 11.8 Å². The van der Waals surface area contributed by atoms with Crippen molar-refractivity contribution < 1.29 is 9.59 Å². The summed E-state index contributed by atoms with van der Waals surface area (Å²) in [5.41, 5.74) is 3.33. The summed E-state index contributed by atoms with van der Waals surface area (Å²) in [6.45, 7) is 0. The third-order valence-corrected chi connectivity index (χ3v) is 6.92. The molecule has 1 fully saturated rings. The van der Waals surface area contributed by atoms with E-state index in [9.17, 15) is 9.59 Å². The summed E-state index contributed by atoms with van der Waals surface area (Å²) in [5.74, 6) is -1.53. The summed E-state index contributed by atoms with van der Waals surface area (Å²) >= 11 is 0. The second kappa shape index (κ2) is 7.82. The molecule has 0 N–H and O–H groups in total. The zero-order valence-corrected chi connectivity index (χ0v) is 17.9. The van der Waals surface area contributed by atoms with Gasteiger partial charge >= 0.3 is 0 Å². The molecule has 4 atom stereocenters. The number of benzene rings is 3. The molecule has 0 radical (unpaired) electrons. The fourth-order valence-corrected chi connectivity index (χ4v) is 5.44. The van der Waals surface area contributed by atoms with E-state index in [4.69, 9.17) is 0 Å². The van der Waals surface area contributed by atoms with Crippen LogP contribution in [0.15, 0.2) is 109 Å².